The summed E-state index contributed by atoms with van der Waals surface area (Å²) in [5, 5.41) is 11.8. The second-order valence-corrected chi connectivity index (χ2v) is 4.67. The number of fused-ring (bicyclic) bond motifs is 1. The largest absolute Gasteiger partial charge is 0.467 e. The molecule has 1 unspecified atom stereocenters. The van der Waals surface area contributed by atoms with E-state index in [2.05, 4.69) is 15.0 Å². The first kappa shape index (κ1) is 13.4. The van der Waals surface area contributed by atoms with Gasteiger partial charge in [-0.2, -0.15) is 0 Å². The summed E-state index contributed by atoms with van der Waals surface area (Å²) in [6.45, 7) is -0.188. The van der Waals surface area contributed by atoms with E-state index < -0.39 is 12.1 Å². The number of carbonyl (C=O) groups excluding carboxylic acids is 2. The third-order valence-corrected chi connectivity index (χ3v) is 3.31. The molecule has 0 bridgehead atoms. The fraction of sp³-hybridized carbons (Fsp3) is 0.250. The quantitative estimate of drug-likeness (QED) is 0.799. The van der Waals surface area contributed by atoms with Gasteiger partial charge >= 0.3 is 5.97 Å². The van der Waals surface area contributed by atoms with Gasteiger partial charge < -0.3 is 15.2 Å². The average molecular weight is 280 g/mol. The van der Waals surface area contributed by atoms with Crippen molar-refractivity contribution in [3.8, 4) is 0 Å². The highest BCUT2D eigenvalue weighted by atomic mass is 32.1. The van der Waals surface area contributed by atoms with E-state index in [4.69, 9.17) is 0 Å². The summed E-state index contributed by atoms with van der Waals surface area (Å²) in [6, 6.07) is 5.10. The van der Waals surface area contributed by atoms with E-state index in [1.807, 2.05) is 0 Å². The Balaban J connectivity index is 2.01. The lowest BCUT2D eigenvalue weighted by molar-refractivity contribution is -0.149. The number of hydrogen-bond acceptors (Lipinski definition) is 6. The second kappa shape index (κ2) is 5.77. The number of amides is 1. The number of nitrogens with one attached hydrogen (secondary N) is 1. The molecule has 7 heteroatoms. The highest BCUT2D eigenvalue weighted by molar-refractivity contribution is 7.16. The molecule has 1 amide bonds. The molecule has 0 aliphatic carbocycles. The van der Waals surface area contributed by atoms with Crippen molar-refractivity contribution in [2.45, 2.75) is 6.10 Å². The molecule has 0 aliphatic heterocycles. The number of nitrogens with zero attached hydrogens (tertiary/aromatic N) is 1. The molecule has 1 atom stereocenters. The lowest BCUT2D eigenvalue weighted by Gasteiger charge is -2.09. The van der Waals surface area contributed by atoms with Crippen LogP contribution in [-0.2, 0) is 9.53 Å². The molecule has 0 spiro atoms. The first-order chi connectivity index (χ1) is 9.11. The monoisotopic (exact) mass is 280 g/mol. The van der Waals surface area contributed by atoms with Crippen LogP contribution in [0.3, 0.4) is 0 Å². The van der Waals surface area contributed by atoms with Crippen molar-refractivity contribution in [3.63, 3.8) is 0 Å². The highest BCUT2D eigenvalue weighted by Gasteiger charge is 2.16. The molecule has 1 aromatic heterocycles. The molecule has 2 aromatic rings. The van der Waals surface area contributed by atoms with E-state index in [1.165, 1.54) is 18.4 Å². The van der Waals surface area contributed by atoms with Gasteiger partial charge in [-0.05, 0) is 18.2 Å². The average Bonchev–Trinajstić information content (AvgIpc) is 2.90. The smallest absolute Gasteiger partial charge is 0.336 e. The zero-order chi connectivity index (χ0) is 13.8. The Bertz CT molecular complexity index is 611. The number of thiazole rings is 1. The van der Waals surface area contributed by atoms with Crippen LogP contribution in [0.1, 0.15) is 10.4 Å². The standard InChI is InChI=1S/C12H12N2O4S/c1-18-12(17)9(15)5-13-11(16)7-2-3-8-10(4-7)19-6-14-8/h2-4,6,9,15H,5H2,1H3,(H,13,16). The van der Waals surface area contributed by atoms with Gasteiger partial charge in [-0.25, -0.2) is 9.78 Å². The molecule has 100 valence electrons. The van der Waals surface area contributed by atoms with Crippen molar-refractivity contribution in [2.24, 2.45) is 0 Å². The van der Waals surface area contributed by atoms with E-state index in [9.17, 15) is 14.7 Å². The van der Waals surface area contributed by atoms with Gasteiger partial charge in [0.05, 0.1) is 29.4 Å². The second-order valence-electron chi connectivity index (χ2n) is 3.78. The maximum absolute atomic E-state index is 11.8. The van der Waals surface area contributed by atoms with Crippen molar-refractivity contribution in [3.05, 3.63) is 29.3 Å². The molecule has 1 aromatic carbocycles. The summed E-state index contributed by atoms with van der Waals surface area (Å²) < 4.78 is 5.25. The van der Waals surface area contributed by atoms with Crippen LogP contribution in [0.5, 0.6) is 0 Å². The number of carbonyl (C=O) groups is 2. The fourth-order valence-electron chi connectivity index (χ4n) is 1.51. The normalized spacial score (nSPS) is 12.1. The lowest BCUT2D eigenvalue weighted by atomic mass is 10.2. The Labute approximate surface area is 113 Å². The Morgan fingerprint density at radius 2 is 2.32 bits per heavy atom. The molecule has 6 nitrogen and oxygen atoms in total. The van der Waals surface area contributed by atoms with Gasteiger partial charge in [0.15, 0.2) is 6.10 Å². The van der Waals surface area contributed by atoms with Crippen molar-refractivity contribution >= 4 is 33.4 Å². The van der Waals surface area contributed by atoms with Gasteiger partial charge in [0.2, 0.25) is 0 Å². The van der Waals surface area contributed by atoms with Gasteiger partial charge in [-0.3, -0.25) is 4.79 Å². The maximum atomic E-state index is 11.8. The van der Waals surface area contributed by atoms with Crippen molar-refractivity contribution in [2.75, 3.05) is 13.7 Å². The summed E-state index contributed by atoms with van der Waals surface area (Å²) >= 11 is 1.44. The first-order valence-corrected chi connectivity index (χ1v) is 6.37. The van der Waals surface area contributed by atoms with Gasteiger partial charge in [0.25, 0.3) is 5.91 Å². The molecule has 1 heterocycles. The molecule has 2 rings (SSSR count). The number of aliphatic hydroxyl groups excluding tert-OH is 1. The van der Waals surface area contributed by atoms with Crippen molar-refractivity contribution in [1.29, 1.82) is 0 Å². The molecule has 0 fully saturated rings. The maximum Gasteiger partial charge on any atom is 0.336 e. The Morgan fingerprint density at radius 1 is 1.53 bits per heavy atom. The third-order valence-electron chi connectivity index (χ3n) is 2.52. The molecule has 0 aliphatic rings. The Morgan fingerprint density at radius 3 is 3.05 bits per heavy atom. The first-order valence-electron chi connectivity index (χ1n) is 5.49. The minimum absolute atomic E-state index is 0.188. The number of aliphatic hydroxyl groups is 1. The highest BCUT2D eigenvalue weighted by Crippen LogP contribution is 2.18. The number of ether oxygens (including phenoxy) is 1. The van der Waals surface area contributed by atoms with Gasteiger partial charge in [-0.15, -0.1) is 11.3 Å². The zero-order valence-corrected chi connectivity index (χ0v) is 10.9. The number of hydrogen-bond donors (Lipinski definition) is 2. The van der Waals surface area contributed by atoms with Crippen LogP contribution in [0, 0.1) is 0 Å². The summed E-state index contributed by atoms with van der Waals surface area (Å²) in [7, 11) is 1.17. The predicted octanol–water partition coefficient (Wildman–Crippen LogP) is 0.560. The van der Waals surface area contributed by atoms with Gasteiger partial charge in [-0.1, -0.05) is 0 Å². The Hall–Kier alpha value is -1.99. The Kier molecular flexibility index (Phi) is 4.08. The predicted molar refractivity (Wildman–Crippen MR) is 70.0 cm³/mol. The van der Waals surface area contributed by atoms with Crippen molar-refractivity contribution in [1.82, 2.24) is 10.3 Å². The van der Waals surface area contributed by atoms with Crippen LogP contribution in [0.2, 0.25) is 0 Å². The number of rotatable bonds is 4. The van der Waals surface area contributed by atoms with E-state index in [0.29, 0.717) is 5.56 Å². The molecular formula is C12H12N2O4S. The van der Waals surface area contributed by atoms with E-state index in [0.717, 1.165) is 10.2 Å². The molecular weight excluding hydrogens is 268 g/mol. The topological polar surface area (TPSA) is 88.5 Å². The van der Waals surface area contributed by atoms with Gasteiger partial charge in [0.1, 0.15) is 0 Å². The van der Waals surface area contributed by atoms with E-state index in [-0.39, 0.29) is 12.5 Å². The minimum atomic E-state index is -1.36. The van der Waals surface area contributed by atoms with Crippen molar-refractivity contribution < 1.29 is 19.4 Å². The van der Waals surface area contributed by atoms with Gasteiger partial charge in [0, 0.05) is 5.56 Å². The number of aromatic nitrogens is 1. The number of methoxy groups -OCH3 is 1. The summed E-state index contributed by atoms with van der Waals surface area (Å²) in [4.78, 5) is 26.9. The molecule has 0 radical (unpaired) electrons. The summed E-state index contributed by atoms with van der Waals surface area (Å²) in [6.07, 6.45) is -1.36. The fourth-order valence-corrected chi connectivity index (χ4v) is 2.22. The van der Waals surface area contributed by atoms with Crippen LogP contribution in [0.15, 0.2) is 23.7 Å². The van der Waals surface area contributed by atoms with Crippen LogP contribution in [0.25, 0.3) is 10.2 Å². The number of benzene rings is 1. The van der Waals surface area contributed by atoms with Crippen LogP contribution < -0.4 is 5.32 Å². The van der Waals surface area contributed by atoms with Crippen LogP contribution in [0.4, 0.5) is 0 Å². The van der Waals surface area contributed by atoms with E-state index in [1.54, 1.807) is 23.7 Å². The third kappa shape index (κ3) is 3.07. The molecule has 0 saturated heterocycles. The van der Waals surface area contributed by atoms with Crippen LogP contribution >= 0.6 is 11.3 Å². The minimum Gasteiger partial charge on any atom is -0.467 e. The molecule has 0 saturated carbocycles. The zero-order valence-electron chi connectivity index (χ0n) is 10.1. The van der Waals surface area contributed by atoms with E-state index >= 15 is 0 Å². The summed E-state index contributed by atoms with van der Waals surface area (Å²) in [5.74, 6) is -1.14. The SMILES string of the molecule is COC(=O)C(O)CNC(=O)c1ccc2ncsc2c1. The molecule has 19 heavy (non-hydrogen) atoms. The molecule has 2 N–H and O–H groups in total. The summed E-state index contributed by atoms with van der Waals surface area (Å²) in [5.41, 5.74) is 2.98. The lowest BCUT2D eigenvalue weighted by Crippen LogP contribution is -2.37. The number of esters is 1. The van der Waals surface area contributed by atoms with Crippen LogP contribution in [-0.4, -0.2) is 41.7 Å².